The van der Waals surface area contributed by atoms with Gasteiger partial charge in [-0.2, -0.15) is 0 Å². The van der Waals surface area contributed by atoms with E-state index in [1.54, 1.807) is 0 Å². The molecule has 1 fully saturated rings. The number of carbonyl (C=O) groups is 1. The van der Waals surface area contributed by atoms with Crippen LogP contribution in [0.5, 0.6) is 0 Å². The van der Waals surface area contributed by atoms with E-state index < -0.39 is 0 Å². The molecule has 22 heavy (non-hydrogen) atoms. The summed E-state index contributed by atoms with van der Waals surface area (Å²) in [6.45, 7) is 5.16. The average molecular weight is 299 g/mol. The molecular formula is C17H21N3O2. The molecule has 0 saturated carbocycles. The molecule has 3 rings (SSSR count). The van der Waals surface area contributed by atoms with Gasteiger partial charge in [-0.15, -0.1) is 0 Å². The van der Waals surface area contributed by atoms with Crippen LogP contribution in [-0.4, -0.2) is 22.6 Å². The fraction of sp³-hybridized carbons (Fsp3) is 0.412. The van der Waals surface area contributed by atoms with E-state index in [1.807, 2.05) is 49.1 Å². The SMILES string of the molecule is Cc1noc(C)c1[C@H]1CCCN1C(=O)NCc1ccccc1. The quantitative estimate of drug-likeness (QED) is 0.945. The summed E-state index contributed by atoms with van der Waals surface area (Å²) in [5, 5.41) is 7.02. The van der Waals surface area contributed by atoms with Crippen LogP contribution in [0.3, 0.4) is 0 Å². The van der Waals surface area contributed by atoms with Crippen molar-refractivity contribution < 1.29 is 9.32 Å². The van der Waals surface area contributed by atoms with Crippen molar-refractivity contribution in [2.45, 2.75) is 39.3 Å². The van der Waals surface area contributed by atoms with E-state index in [4.69, 9.17) is 4.52 Å². The number of nitrogens with one attached hydrogen (secondary N) is 1. The van der Waals surface area contributed by atoms with Gasteiger partial charge >= 0.3 is 6.03 Å². The molecule has 0 aliphatic carbocycles. The van der Waals surface area contributed by atoms with Gasteiger partial charge in [0.05, 0.1) is 11.7 Å². The molecule has 1 aromatic heterocycles. The molecule has 116 valence electrons. The van der Waals surface area contributed by atoms with Gasteiger partial charge in [-0.25, -0.2) is 4.79 Å². The first-order valence-electron chi connectivity index (χ1n) is 7.68. The maximum atomic E-state index is 12.5. The van der Waals surface area contributed by atoms with Crippen molar-refractivity contribution in [3.05, 3.63) is 52.9 Å². The predicted octanol–water partition coefficient (Wildman–Crippen LogP) is 3.34. The minimum absolute atomic E-state index is 0.0219. The molecule has 5 nitrogen and oxygen atoms in total. The van der Waals surface area contributed by atoms with E-state index in [1.165, 1.54) is 0 Å². The second kappa shape index (κ2) is 6.22. The number of hydrogen-bond acceptors (Lipinski definition) is 3. The van der Waals surface area contributed by atoms with E-state index in [0.717, 1.165) is 42.0 Å². The van der Waals surface area contributed by atoms with E-state index in [-0.39, 0.29) is 12.1 Å². The normalized spacial score (nSPS) is 17.7. The Morgan fingerprint density at radius 1 is 1.36 bits per heavy atom. The standard InChI is InChI=1S/C17H21N3O2/c1-12-16(13(2)22-19-12)15-9-6-10-20(15)17(21)18-11-14-7-4-3-5-8-14/h3-5,7-8,15H,6,9-11H2,1-2H3,(H,18,21)/t15-/m1/s1. The lowest BCUT2D eigenvalue weighted by Gasteiger charge is -2.25. The minimum atomic E-state index is -0.0219. The first-order valence-corrected chi connectivity index (χ1v) is 7.68. The van der Waals surface area contributed by atoms with Crippen LogP contribution in [0.15, 0.2) is 34.9 Å². The number of aromatic nitrogens is 1. The number of likely N-dealkylation sites (tertiary alicyclic amines) is 1. The van der Waals surface area contributed by atoms with Crippen LogP contribution in [0, 0.1) is 13.8 Å². The number of hydrogen-bond donors (Lipinski definition) is 1. The molecule has 5 heteroatoms. The van der Waals surface area contributed by atoms with Gasteiger partial charge in [0.1, 0.15) is 5.76 Å². The van der Waals surface area contributed by atoms with Gasteiger partial charge in [-0.05, 0) is 32.3 Å². The monoisotopic (exact) mass is 299 g/mol. The van der Waals surface area contributed by atoms with Gasteiger partial charge < -0.3 is 14.7 Å². The maximum absolute atomic E-state index is 12.5. The lowest BCUT2D eigenvalue weighted by molar-refractivity contribution is 0.192. The molecule has 1 atom stereocenters. The first-order chi connectivity index (χ1) is 10.7. The number of carbonyl (C=O) groups excluding carboxylic acids is 1. The summed E-state index contributed by atoms with van der Waals surface area (Å²) < 4.78 is 5.26. The van der Waals surface area contributed by atoms with Gasteiger partial charge in [-0.3, -0.25) is 0 Å². The van der Waals surface area contributed by atoms with Crippen LogP contribution in [-0.2, 0) is 6.54 Å². The third-order valence-corrected chi connectivity index (χ3v) is 4.22. The van der Waals surface area contributed by atoms with Gasteiger partial charge in [0, 0.05) is 18.7 Å². The average Bonchev–Trinajstić information content (AvgIpc) is 3.12. The highest BCUT2D eigenvalue weighted by Gasteiger charge is 2.33. The summed E-state index contributed by atoms with van der Waals surface area (Å²) in [5.74, 6) is 0.810. The Labute approximate surface area is 130 Å². The van der Waals surface area contributed by atoms with E-state index in [9.17, 15) is 4.79 Å². The van der Waals surface area contributed by atoms with Crippen molar-refractivity contribution in [3.8, 4) is 0 Å². The van der Waals surface area contributed by atoms with Gasteiger partial charge in [0.15, 0.2) is 0 Å². The molecule has 2 heterocycles. The van der Waals surface area contributed by atoms with E-state index in [0.29, 0.717) is 6.54 Å². The Balaban J connectivity index is 1.69. The van der Waals surface area contributed by atoms with Crippen LogP contribution in [0.25, 0.3) is 0 Å². The molecule has 0 radical (unpaired) electrons. The molecule has 1 aliphatic heterocycles. The van der Waals surface area contributed by atoms with Crippen molar-refractivity contribution in [3.63, 3.8) is 0 Å². The van der Waals surface area contributed by atoms with Crippen LogP contribution in [0.1, 0.15) is 41.5 Å². The fourth-order valence-electron chi connectivity index (χ4n) is 3.15. The Morgan fingerprint density at radius 2 is 2.14 bits per heavy atom. The second-order valence-corrected chi connectivity index (χ2v) is 5.73. The van der Waals surface area contributed by atoms with Crippen molar-refractivity contribution in [2.75, 3.05) is 6.54 Å². The van der Waals surface area contributed by atoms with Crippen LogP contribution in [0.2, 0.25) is 0 Å². The summed E-state index contributed by atoms with van der Waals surface area (Å²) in [4.78, 5) is 14.4. The molecule has 1 aliphatic rings. The first kappa shape index (κ1) is 14.6. The minimum Gasteiger partial charge on any atom is -0.361 e. The number of benzene rings is 1. The van der Waals surface area contributed by atoms with Crippen LogP contribution in [0.4, 0.5) is 4.79 Å². The highest BCUT2D eigenvalue weighted by molar-refractivity contribution is 5.75. The molecule has 2 amide bonds. The summed E-state index contributed by atoms with van der Waals surface area (Å²) in [7, 11) is 0. The number of amides is 2. The summed E-state index contributed by atoms with van der Waals surface area (Å²) in [6.07, 6.45) is 1.97. The number of aryl methyl sites for hydroxylation is 2. The van der Waals surface area contributed by atoms with Crippen molar-refractivity contribution in [2.24, 2.45) is 0 Å². The summed E-state index contributed by atoms with van der Waals surface area (Å²) in [6, 6.07) is 9.99. The zero-order chi connectivity index (χ0) is 15.5. The lowest BCUT2D eigenvalue weighted by Crippen LogP contribution is -2.39. The lowest BCUT2D eigenvalue weighted by atomic mass is 10.0. The van der Waals surface area contributed by atoms with Crippen molar-refractivity contribution in [1.29, 1.82) is 0 Å². The largest absolute Gasteiger partial charge is 0.361 e. The third-order valence-electron chi connectivity index (χ3n) is 4.22. The molecular weight excluding hydrogens is 278 g/mol. The Kier molecular flexibility index (Phi) is 4.13. The number of rotatable bonds is 3. The molecule has 0 spiro atoms. The molecule has 2 aromatic rings. The molecule has 1 saturated heterocycles. The van der Waals surface area contributed by atoms with Gasteiger partial charge in [-0.1, -0.05) is 35.5 Å². The van der Waals surface area contributed by atoms with E-state index in [2.05, 4.69) is 10.5 Å². The number of nitrogens with zero attached hydrogens (tertiary/aromatic N) is 2. The predicted molar refractivity (Wildman–Crippen MR) is 83.3 cm³/mol. The highest BCUT2D eigenvalue weighted by atomic mass is 16.5. The second-order valence-electron chi connectivity index (χ2n) is 5.73. The Morgan fingerprint density at radius 3 is 2.82 bits per heavy atom. The molecule has 0 bridgehead atoms. The zero-order valence-electron chi connectivity index (χ0n) is 13.0. The van der Waals surface area contributed by atoms with Gasteiger partial charge in [0.25, 0.3) is 0 Å². The molecule has 0 unspecified atom stereocenters. The maximum Gasteiger partial charge on any atom is 0.318 e. The van der Waals surface area contributed by atoms with E-state index >= 15 is 0 Å². The topological polar surface area (TPSA) is 58.4 Å². The number of urea groups is 1. The van der Waals surface area contributed by atoms with Gasteiger partial charge in [0.2, 0.25) is 0 Å². The van der Waals surface area contributed by atoms with Crippen LogP contribution < -0.4 is 5.32 Å². The van der Waals surface area contributed by atoms with Crippen LogP contribution >= 0.6 is 0 Å². The fourth-order valence-corrected chi connectivity index (χ4v) is 3.15. The van der Waals surface area contributed by atoms with Crippen molar-refractivity contribution >= 4 is 6.03 Å². The third kappa shape index (κ3) is 2.84. The smallest absolute Gasteiger partial charge is 0.318 e. The highest BCUT2D eigenvalue weighted by Crippen LogP contribution is 2.35. The summed E-state index contributed by atoms with van der Waals surface area (Å²) >= 11 is 0. The molecule has 1 N–H and O–H groups in total. The van der Waals surface area contributed by atoms with Crippen molar-refractivity contribution in [1.82, 2.24) is 15.4 Å². The summed E-state index contributed by atoms with van der Waals surface area (Å²) in [5.41, 5.74) is 3.04. The zero-order valence-corrected chi connectivity index (χ0v) is 13.0. The Bertz CT molecular complexity index is 632. The Hall–Kier alpha value is -2.30. The molecule has 1 aromatic carbocycles.